The number of benzene rings is 2. The molecule has 8 heteroatoms. The van der Waals surface area contributed by atoms with Crippen LogP contribution in [0.3, 0.4) is 0 Å². The van der Waals surface area contributed by atoms with E-state index < -0.39 is 17.1 Å². The van der Waals surface area contributed by atoms with Gasteiger partial charge in [0.05, 0.1) is 28.2 Å². The lowest BCUT2D eigenvalue weighted by atomic mass is 9.74. The first kappa shape index (κ1) is 18.1. The molecule has 5 nitrogen and oxygen atoms in total. The standard InChI is InChI=1S/C21H15ClF2N4O/c22-13-2-1-11(6-25)3-12(13)15-5-17(29)18-16(27-15)4-14(23)20(19(18)24)28-9-21(10-28)7-26-8-21/h1-5,26H,7-10H2,(H,27,29). The van der Waals surface area contributed by atoms with Gasteiger partial charge >= 0.3 is 0 Å². The van der Waals surface area contributed by atoms with Gasteiger partial charge in [-0.15, -0.1) is 0 Å². The molecule has 0 bridgehead atoms. The quantitative estimate of drug-likeness (QED) is 0.676. The van der Waals surface area contributed by atoms with E-state index >= 15 is 4.39 Å². The molecule has 146 valence electrons. The summed E-state index contributed by atoms with van der Waals surface area (Å²) >= 11 is 6.20. The zero-order chi connectivity index (χ0) is 20.3. The van der Waals surface area contributed by atoms with Crippen LogP contribution >= 0.6 is 11.6 Å². The second kappa shape index (κ2) is 6.28. The number of nitrogens with one attached hydrogen (secondary N) is 2. The van der Waals surface area contributed by atoms with Crippen molar-refractivity contribution in [2.45, 2.75) is 0 Å². The molecule has 0 amide bonds. The van der Waals surface area contributed by atoms with Gasteiger partial charge in [-0.2, -0.15) is 5.26 Å². The third-order valence-electron chi connectivity index (χ3n) is 5.74. The van der Waals surface area contributed by atoms with Crippen molar-refractivity contribution in [2.75, 3.05) is 31.1 Å². The van der Waals surface area contributed by atoms with Crippen LogP contribution in [0, 0.1) is 28.4 Å². The van der Waals surface area contributed by atoms with Gasteiger partial charge in [0.2, 0.25) is 0 Å². The molecular formula is C21H15ClF2N4O. The van der Waals surface area contributed by atoms with Crippen LogP contribution in [0.4, 0.5) is 14.5 Å². The van der Waals surface area contributed by atoms with E-state index in [-0.39, 0.29) is 22.0 Å². The van der Waals surface area contributed by atoms with Crippen LogP contribution in [-0.4, -0.2) is 31.2 Å². The maximum Gasteiger partial charge on any atom is 0.193 e. The fraction of sp³-hybridized carbons (Fsp3) is 0.238. The van der Waals surface area contributed by atoms with Crippen molar-refractivity contribution in [1.29, 1.82) is 5.26 Å². The van der Waals surface area contributed by atoms with Crippen LogP contribution in [0.1, 0.15) is 5.56 Å². The van der Waals surface area contributed by atoms with Crippen molar-refractivity contribution in [2.24, 2.45) is 5.41 Å². The predicted molar refractivity (Wildman–Crippen MR) is 107 cm³/mol. The fourth-order valence-electron chi connectivity index (χ4n) is 4.19. The van der Waals surface area contributed by atoms with Crippen molar-refractivity contribution in [3.63, 3.8) is 0 Å². The summed E-state index contributed by atoms with van der Waals surface area (Å²) in [4.78, 5) is 17.3. The Kier molecular flexibility index (Phi) is 3.92. The molecule has 3 aromatic rings. The highest BCUT2D eigenvalue weighted by Crippen LogP contribution is 2.41. The van der Waals surface area contributed by atoms with Gasteiger partial charge in [0.25, 0.3) is 0 Å². The molecule has 5 rings (SSSR count). The number of hydrogen-bond donors (Lipinski definition) is 2. The lowest BCUT2D eigenvalue weighted by Gasteiger charge is -2.57. The summed E-state index contributed by atoms with van der Waals surface area (Å²) < 4.78 is 30.0. The maximum absolute atomic E-state index is 15.2. The summed E-state index contributed by atoms with van der Waals surface area (Å²) in [6, 6.07) is 8.98. The third kappa shape index (κ3) is 2.71. The third-order valence-corrected chi connectivity index (χ3v) is 6.07. The van der Waals surface area contributed by atoms with Gasteiger partial charge in [0.15, 0.2) is 17.1 Å². The monoisotopic (exact) mass is 412 g/mol. The molecule has 3 heterocycles. The highest BCUT2D eigenvalue weighted by molar-refractivity contribution is 6.33. The molecule has 1 aromatic heterocycles. The number of nitriles is 1. The van der Waals surface area contributed by atoms with Crippen LogP contribution in [-0.2, 0) is 0 Å². The fourth-order valence-corrected chi connectivity index (χ4v) is 4.41. The number of fused-ring (bicyclic) bond motifs is 1. The Labute approximate surface area is 169 Å². The van der Waals surface area contributed by atoms with Crippen molar-refractivity contribution in [1.82, 2.24) is 10.3 Å². The molecule has 2 aliphatic heterocycles. The Balaban J connectivity index is 1.63. The SMILES string of the molecule is N#Cc1ccc(Cl)c(-c2cc(=O)c3c(F)c(N4CC5(CNC5)C4)c(F)cc3[nH]2)c1. The molecule has 29 heavy (non-hydrogen) atoms. The van der Waals surface area contributed by atoms with Crippen molar-refractivity contribution in [3.8, 4) is 17.3 Å². The summed E-state index contributed by atoms with van der Waals surface area (Å²) in [5, 5.41) is 12.4. The molecule has 2 aliphatic rings. The van der Waals surface area contributed by atoms with Crippen molar-refractivity contribution in [3.05, 3.63) is 62.8 Å². The number of nitrogens with zero attached hydrogens (tertiary/aromatic N) is 2. The van der Waals surface area contributed by atoms with Crippen LogP contribution in [0.25, 0.3) is 22.2 Å². The van der Waals surface area contributed by atoms with Crippen LogP contribution < -0.4 is 15.6 Å². The first-order valence-electron chi connectivity index (χ1n) is 9.11. The smallest absolute Gasteiger partial charge is 0.193 e. The van der Waals surface area contributed by atoms with Gasteiger partial charge in [-0.3, -0.25) is 4.79 Å². The van der Waals surface area contributed by atoms with Crippen LogP contribution in [0.2, 0.25) is 5.02 Å². The highest BCUT2D eigenvalue weighted by atomic mass is 35.5. The first-order chi connectivity index (χ1) is 13.9. The topological polar surface area (TPSA) is 71.9 Å². The minimum atomic E-state index is -0.855. The largest absolute Gasteiger partial charge is 0.365 e. The lowest BCUT2D eigenvalue weighted by Crippen LogP contribution is -2.71. The van der Waals surface area contributed by atoms with E-state index in [4.69, 9.17) is 16.9 Å². The lowest BCUT2D eigenvalue weighted by molar-refractivity contribution is 0.120. The number of aromatic nitrogens is 1. The number of H-pyrrole nitrogens is 1. The molecule has 2 aromatic carbocycles. The van der Waals surface area contributed by atoms with Gasteiger partial charge < -0.3 is 15.2 Å². The Hall–Kier alpha value is -2.95. The van der Waals surface area contributed by atoms with Crippen molar-refractivity contribution < 1.29 is 8.78 Å². The molecule has 0 unspecified atom stereocenters. The molecule has 2 N–H and O–H groups in total. The van der Waals surface area contributed by atoms with Crippen LogP contribution in [0.5, 0.6) is 0 Å². The van der Waals surface area contributed by atoms with Gasteiger partial charge in [0.1, 0.15) is 5.69 Å². The second-order valence-corrected chi connectivity index (χ2v) is 8.16. The summed E-state index contributed by atoms with van der Waals surface area (Å²) in [6.45, 7) is 2.80. The number of hydrogen-bond acceptors (Lipinski definition) is 4. The molecule has 0 saturated carbocycles. The molecular weight excluding hydrogens is 398 g/mol. The Bertz CT molecular complexity index is 1270. The van der Waals surface area contributed by atoms with Crippen molar-refractivity contribution >= 4 is 28.2 Å². The summed E-state index contributed by atoms with van der Waals surface area (Å²) in [6.07, 6.45) is 0. The predicted octanol–water partition coefficient (Wildman–Crippen LogP) is 3.41. The Morgan fingerprint density at radius 3 is 2.59 bits per heavy atom. The van der Waals surface area contributed by atoms with E-state index in [2.05, 4.69) is 10.3 Å². The molecule has 1 spiro atoms. The molecule has 0 aliphatic carbocycles. The average molecular weight is 413 g/mol. The normalized spacial score (nSPS) is 17.1. The molecule has 0 atom stereocenters. The van der Waals surface area contributed by atoms with E-state index in [0.717, 1.165) is 19.2 Å². The first-order valence-corrected chi connectivity index (χ1v) is 9.49. The summed E-state index contributed by atoms with van der Waals surface area (Å²) in [5.74, 6) is -1.58. The summed E-state index contributed by atoms with van der Waals surface area (Å²) in [7, 11) is 0. The molecule has 2 saturated heterocycles. The van der Waals surface area contributed by atoms with E-state index in [1.165, 1.54) is 18.2 Å². The van der Waals surface area contributed by atoms with E-state index in [9.17, 15) is 9.18 Å². The number of pyridine rings is 1. The van der Waals surface area contributed by atoms with Gasteiger partial charge in [-0.25, -0.2) is 8.78 Å². The number of halogens is 3. The zero-order valence-electron chi connectivity index (χ0n) is 15.2. The number of rotatable bonds is 2. The number of anilines is 1. The summed E-state index contributed by atoms with van der Waals surface area (Å²) in [5.41, 5.74) is 0.466. The van der Waals surface area contributed by atoms with E-state index in [0.29, 0.717) is 34.9 Å². The number of aromatic amines is 1. The minimum absolute atomic E-state index is 0.0465. The van der Waals surface area contributed by atoms with E-state index in [1.54, 1.807) is 11.0 Å². The van der Waals surface area contributed by atoms with Gasteiger partial charge in [0, 0.05) is 54.3 Å². The molecule has 0 radical (unpaired) electrons. The Morgan fingerprint density at radius 1 is 1.17 bits per heavy atom. The minimum Gasteiger partial charge on any atom is -0.365 e. The highest BCUT2D eigenvalue weighted by Gasteiger charge is 2.48. The van der Waals surface area contributed by atoms with Gasteiger partial charge in [-0.05, 0) is 18.2 Å². The molecule has 2 fully saturated rings. The maximum atomic E-state index is 15.2. The Morgan fingerprint density at radius 2 is 1.93 bits per heavy atom. The van der Waals surface area contributed by atoms with Gasteiger partial charge in [-0.1, -0.05) is 11.6 Å². The zero-order valence-corrected chi connectivity index (χ0v) is 15.9. The van der Waals surface area contributed by atoms with E-state index in [1.807, 2.05) is 6.07 Å². The van der Waals surface area contributed by atoms with Crippen LogP contribution in [0.15, 0.2) is 35.1 Å². The second-order valence-electron chi connectivity index (χ2n) is 7.76. The average Bonchev–Trinajstić information content (AvgIpc) is 2.61.